The monoisotopic (exact) mass is 422 g/mol. The van der Waals surface area contributed by atoms with Crippen LogP contribution in [0, 0.1) is 0 Å². The predicted octanol–water partition coefficient (Wildman–Crippen LogP) is 0.224. The van der Waals surface area contributed by atoms with Crippen molar-refractivity contribution < 1.29 is 22.7 Å². The number of nitrogens with zero attached hydrogens (tertiary/aromatic N) is 3. The van der Waals surface area contributed by atoms with Crippen molar-refractivity contribution in [1.82, 2.24) is 13.5 Å². The number of amides is 2. The Morgan fingerprint density at radius 2 is 1.69 bits per heavy atom. The number of piperazine rings is 1. The van der Waals surface area contributed by atoms with E-state index in [0.717, 1.165) is 11.3 Å². The van der Waals surface area contributed by atoms with E-state index >= 15 is 0 Å². The second-order valence-corrected chi connectivity index (χ2v) is 9.40. The van der Waals surface area contributed by atoms with Gasteiger partial charge in [0.15, 0.2) is 0 Å². The molecule has 1 unspecified atom stereocenters. The third kappa shape index (κ3) is 4.16. The van der Waals surface area contributed by atoms with Gasteiger partial charge in [-0.25, -0.2) is 0 Å². The summed E-state index contributed by atoms with van der Waals surface area (Å²) in [6.07, 6.45) is 0.719. The van der Waals surface area contributed by atoms with E-state index in [4.69, 9.17) is 4.74 Å². The fourth-order valence-corrected chi connectivity index (χ4v) is 5.66. The van der Waals surface area contributed by atoms with Gasteiger partial charge < -0.3 is 15.0 Å². The number of benzene rings is 1. The van der Waals surface area contributed by atoms with Crippen LogP contribution in [0.3, 0.4) is 0 Å². The third-order valence-corrected chi connectivity index (χ3v) is 7.81. The first-order valence-corrected chi connectivity index (χ1v) is 11.4. The average molecular weight is 423 g/mol. The molecule has 3 aliphatic rings. The summed E-state index contributed by atoms with van der Waals surface area (Å²) in [6.45, 7) is 2.88. The number of fused-ring (bicyclic) bond motifs is 1. The van der Waals surface area contributed by atoms with Crippen LogP contribution < -0.4 is 5.32 Å². The van der Waals surface area contributed by atoms with Gasteiger partial charge in [0.05, 0.1) is 19.1 Å². The molecule has 0 aliphatic carbocycles. The lowest BCUT2D eigenvalue weighted by Gasteiger charge is -2.37. The van der Waals surface area contributed by atoms with Gasteiger partial charge in [0.25, 0.3) is 10.2 Å². The molecule has 0 spiro atoms. The summed E-state index contributed by atoms with van der Waals surface area (Å²) in [5, 5.41) is 2.85. The molecule has 10 heteroatoms. The number of hydrogen-bond acceptors (Lipinski definition) is 5. The van der Waals surface area contributed by atoms with Crippen LogP contribution in [0.2, 0.25) is 0 Å². The minimum atomic E-state index is -3.50. The minimum absolute atomic E-state index is 0.0365. The smallest absolute Gasteiger partial charge is 0.282 e. The van der Waals surface area contributed by atoms with Gasteiger partial charge in [-0.1, -0.05) is 18.2 Å². The highest BCUT2D eigenvalue weighted by Gasteiger charge is 2.35. The molecule has 0 radical (unpaired) electrons. The maximum absolute atomic E-state index is 12.7. The number of anilines is 1. The molecule has 9 nitrogen and oxygen atoms in total. The van der Waals surface area contributed by atoms with Crippen molar-refractivity contribution in [1.29, 1.82) is 0 Å². The number of rotatable bonds is 5. The van der Waals surface area contributed by atoms with Crippen molar-refractivity contribution in [3.63, 3.8) is 0 Å². The second kappa shape index (κ2) is 8.39. The Bertz CT molecular complexity index is 876. The highest BCUT2D eigenvalue weighted by molar-refractivity contribution is 7.86. The lowest BCUT2D eigenvalue weighted by Crippen LogP contribution is -2.55. The van der Waals surface area contributed by atoms with Gasteiger partial charge in [-0.2, -0.15) is 17.0 Å². The first-order valence-electron chi connectivity index (χ1n) is 9.97. The number of carbonyl (C=O) groups excluding carboxylic acids is 2. The van der Waals surface area contributed by atoms with Crippen LogP contribution in [0.5, 0.6) is 0 Å². The van der Waals surface area contributed by atoms with E-state index in [1.165, 1.54) is 8.61 Å². The molecule has 4 rings (SSSR count). The predicted molar refractivity (Wildman–Crippen MR) is 107 cm³/mol. The van der Waals surface area contributed by atoms with Crippen molar-refractivity contribution in [2.75, 3.05) is 57.8 Å². The van der Waals surface area contributed by atoms with Crippen LogP contribution in [0.25, 0.3) is 0 Å². The van der Waals surface area contributed by atoms with Gasteiger partial charge in [-0.05, 0) is 18.1 Å². The summed E-state index contributed by atoms with van der Waals surface area (Å²) in [6, 6.07) is 7.54. The topological polar surface area (TPSA) is 99.3 Å². The number of carbonyl (C=O) groups is 2. The summed E-state index contributed by atoms with van der Waals surface area (Å²) in [4.78, 5) is 26.5. The van der Waals surface area contributed by atoms with Crippen LogP contribution in [0.4, 0.5) is 5.69 Å². The zero-order valence-electron chi connectivity index (χ0n) is 16.2. The molecule has 3 heterocycles. The first kappa shape index (κ1) is 20.3. The summed E-state index contributed by atoms with van der Waals surface area (Å²) in [7, 11) is -3.50. The molecule has 3 aliphatic heterocycles. The SMILES string of the molecule is O=C1Nc2ccccc2C1CCC(=O)N1CCN(S(=O)(=O)N2CCOCC2)CC1. The van der Waals surface area contributed by atoms with Gasteiger partial charge in [-0.3, -0.25) is 9.59 Å². The highest BCUT2D eigenvalue weighted by Crippen LogP contribution is 2.35. The number of morpholine rings is 1. The minimum Gasteiger partial charge on any atom is -0.379 e. The van der Waals surface area contributed by atoms with E-state index in [9.17, 15) is 18.0 Å². The van der Waals surface area contributed by atoms with E-state index in [0.29, 0.717) is 45.8 Å². The van der Waals surface area contributed by atoms with Gasteiger partial charge in [0.1, 0.15) is 0 Å². The molecule has 158 valence electrons. The lowest BCUT2D eigenvalue weighted by molar-refractivity contribution is -0.132. The maximum Gasteiger partial charge on any atom is 0.282 e. The number of para-hydroxylation sites is 1. The first-order chi connectivity index (χ1) is 14.0. The van der Waals surface area contributed by atoms with Gasteiger partial charge >= 0.3 is 0 Å². The highest BCUT2D eigenvalue weighted by atomic mass is 32.2. The Balaban J connectivity index is 1.29. The Morgan fingerprint density at radius 3 is 2.41 bits per heavy atom. The standard InChI is InChI=1S/C19H26N4O5S/c24-18(6-5-16-15-3-1-2-4-17(15)20-19(16)25)21-7-9-22(10-8-21)29(26,27)23-11-13-28-14-12-23/h1-4,16H,5-14H2,(H,20,25). The van der Waals surface area contributed by atoms with E-state index in [1.807, 2.05) is 24.3 Å². The summed E-state index contributed by atoms with van der Waals surface area (Å²) in [5.74, 6) is -0.413. The quantitative estimate of drug-likeness (QED) is 0.732. The lowest BCUT2D eigenvalue weighted by atomic mass is 9.95. The maximum atomic E-state index is 12.7. The third-order valence-electron chi connectivity index (χ3n) is 5.77. The largest absolute Gasteiger partial charge is 0.379 e. The number of nitrogens with one attached hydrogen (secondary N) is 1. The van der Waals surface area contributed by atoms with E-state index in [2.05, 4.69) is 5.32 Å². The second-order valence-electron chi connectivity index (χ2n) is 7.47. The van der Waals surface area contributed by atoms with Crippen LogP contribution in [0.1, 0.15) is 24.3 Å². The molecule has 0 bridgehead atoms. The molecule has 1 atom stereocenters. The average Bonchev–Trinajstić information content (AvgIpc) is 3.07. The van der Waals surface area contributed by atoms with Crippen LogP contribution in [-0.2, 0) is 24.5 Å². The fraction of sp³-hybridized carbons (Fsp3) is 0.579. The van der Waals surface area contributed by atoms with Crippen molar-refractivity contribution in [3.05, 3.63) is 29.8 Å². The summed E-state index contributed by atoms with van der Waals surface area (Å²) in [5.41, 5.74) is 1.75. The van der Waals surface area contributed by atoms with Gasteiger partial charge in [0.2, 0.25) is 11.8 Å². The summed E-state index contributed by atoms with van der Waals surface area (Å²) < 4.78 is 33.6. The van der Waals surface area contributed by atoms with Crippen molar-refractivity contribution in [2.45, 2.75) is 18.8 Å². The van der Waals surface area contributed by atoms with E-state index in [-0.39, 0.29) is 37.2 Å². The Hall–Kier alpha value is -2.01. The fourth-order valence-electron chi connectivity index (χ4n) is 4.10. The Labute approximate surface area is 170 Å². The Morgan fingerprint density at radius 1 is 1.03 bits per heavy atom. The molecular weight excluding hydrogens is 396 g/mol. The molecule has 29 heavy (non-hydrogen) atoms. The number of hydrogen-bond donors (Lipinski definition) is 1. The molecule has 1 aromatic rings. The summed E-state index contributed by atoms with van der Waals surface area (Å²) >= 11 is 0. The molecule has 2 saturated heterocycles. The van der Waals surface area contributed by atoms with Crippen molar-refractivity contribution in [2.24, 2.45) is 0 Å². The molecule has 2 fully saturated rings. The van der Waals surface area contributed by atoms with Crippen LogP contribution >= 0.6 is 0 Å². The number of ether oxygens (including phenoxy) is 1. The van der Waals surface area contributed by atoms with Crippen LogP contribution in [-0.4, -0.2) is 86.2 Å². The molecule has 2 amide bonds. The molecule has 0 aromatic heterocycles. The van der Waals surface area contributed by atoms with E-state index in [1.54, 1.807) is 4.90 Å². The van der Waals surface area contributed by atoms with E-state index < -0.39 is 10.2 Å². The zero-order chi connectivity index (χ0) is 20.4. The molecule has 1 N–H and O–H groups in total. The van der Waals surface area contributed by atoms with Gasteiger partial charge in [-0.15, -0.1) is 0 Å². The normalized spacial score (nSPS) is 23.7. The molecular formula is C19H26N4O5S. The Kier molecular flexibility index (Phi) is 5.86. The zero-order valence-corrected chi connectivity index (χ0v) is 17.1. The van der Waals surface area contributed by atoms with Gasteiger partial charge in [0, 0.05) is 51.4 Å². The van der Waals surface area contributed by atoms with Crippen molar-refractivity contribution in [3.8, 4) is 0 Å². The molecule has 1 aromatic carbocycles. The van der Waals surface area contributed by atoms with Crippen molar-refractivity contribution >= 4 is 27.7 Å². The van der Waals surface area contributed by atoms with Crippen LogP contribution in [0.15, 0.2) is 24.3 Å². The molecule has 0 saturated carbocycles.